The van der Waals surface area contributed by atoms with Crippen molar-refractivity contribution in [3.05, 3.63) is 18.0 Å². The lowest BCUT2D eigenvalue weighted by molar-refractivity contribution is 0.166. The van der Waals surface area contributed by atoms with Crippen molar-refractivity contribution in [3.63, 3.8) is 0 Å². The van der Waals surface area contributed by atoms with Crippen LogP contribution in [0.25, 0.3) is 0 Å². The average Bonchev–Trinajstić information content (AvgIpc) is 2.59. The first-order valence-corrected chi connectivity index (χ1v) is 4.91. The van der Waals surface area contributed by atoms with Crippen molar-refractivity contribution in [1.29, 1.82) is 0 Å². The molecule has 0 bridgehead atoms. The minimum absolute atomic E-state index is 0.426. The summed E-state index contributed by atoms with van der Waals surface area (Å²) in [6.07, 6.45) is 3.94. The van der Waals surface area contributed by atoms with Crippen LogP contribution in [0.4, 0.5) is 0 Å². The highest BCUT2D eigenvalue weighted by atomic mass is 16.5. The Bertz CT molecular complexity index is 260. The number of aromatic nitrogens is 2. The molecule has 0 saturated carbocycles. The Kier molecular flexibility index (Phi) is 4.62. The predicted octanol–water partition coefficient (Wildman–Crippen LogP) is 0.587. The third-order valence-electron chi connectivity index (χ3n) is 2.45. The fraction of sp³-hybridized carbons (Fsp3) is 0.700. The predicted molar refractivity (Wildman–Crippen MR) is 56.3 cm³/mol. The summed E-state index contributed by atoms with van der Waals surface area (Å²) in [4.78, 5) is 0. The number of methoxy groups -OCH3 is 1. The normalized spacial score (nSPS) is 13.1. The number of aryl methyl sites for hydroxylation is 2. The van der Waals surface area contributed by atoms with Gasteiger partial charge in [0, 0.05) is 32.1 Å². The first-order valence-electron chi connectivity index (χ1n) is 4.91. The molecule has 0 amide bonds. The minimum Gasteiger partial charge on any atom is -0.383 e. The van der Waals surface area contributed by atoms with Gasteiger partial charge in [0.05, 0.1) is 6.61 Å². The van der Waals surface area contributed by atoms with Crippen molar-refractivity contribution in [2.75, 3.05) is 20.8 Å². The third-order valence-corrected chi connectivity index (χ3v) is 2.45. The molecule has 1 N–H and O–H groups in total. The van der Waals surface area contributed by atoms with Crippen LogP contribution in [0, 0.1) is 0 Å². The van der Waals surface area contributed by atoms with Crippen LogP contribution in [0.2, 0.25) is 0 Å². The summed E-state index contributed by atoms with van der Waals surface area (Å²) in [5.74, 6) is 0. The largest absolute Gasteiger partial charge is 0.383 e. The van der Waals surface area contributed by atoms with Crippen LogP contribution in [0.5, 0.6) is 0 Å². The number of nitrogens with one attached hydrogen (secondary N) is 1. The van der Waals surface area contributed by atoms with Gasteiger partial charge >= 0.3 is 0 Å². The van der Waals surface area contributed by atoms with E-state index in [2.05, 4.69) is 16.5 Å². The maximum absolute atomic E-state index is 5.11. The number of hydrogen-bond donors (Lipinski definition) is 1. The quantitative estimate of drug-likeness (QED) is 0.725. The van der Waals surface area contributed by atoms with Crippen molar-refractivity contribution in [2.45, 2.75) is 18.9 Å². The molecular weight excluding hydrogens is 178 g/mol. The highest BCUT2D eigenvalue weighted by Gasteiger charge is 2.06. The lowest BCUT2D eigenvalue weighted by atomic mass is 10.1. The summed E-state index contributed by atoms with van der Waals surface area (Å²) < 4.78 is 7.03. The minimum atomic E-state index is 0.426. The average molecular weight is 197 g/mol. The molecular formula is C10H19N3O. The Morgan fingerprint density at radius 3 is 2.93 bits per heavy atom. The topological polar surface area (TPSA) is 39.1 Å². The molecule has 0 saturated heterocycles. The lowest BCUT2D eigenvalue weighted by Crippen LogP contribution is -2.30. The Balaban J connectivity index is 2.35. The number of likely N-dealkylation sites (N-methyl/N-ethyl adjacent to an activating group) is 1. The van der Waals surface area contributed by atoms with Gasteiger partial charge in [0.25, 0.3) is 0 Å². The Hall–Kier alpha value is -0.870. The molecule has 1 aromatic rings. The fourth-order valence-electron chi connectivity index (χ4n) is 1.48. The Morgan fingerprint density at radius 1 is 1.64 bits per heavy atom. The summed E-state index contributed by atoms with van der Waals surface area (Å²) >= 11 is 0. The molecule has 1 atom stereocenters. The van der Waals surface area contributed by atoms with E-state index in [-0.39, 0.29) is 0 Å². The third kappa shape index (κ3) is 3.12. The molecule has 80 valence electrons. The zero-order valence-electron chi connectivity index (χ0n) is 9.16. The molecule has 14 heavy (non-hydrogen) atoms. The maximum Gasteiger partial charge on any atom is 0.0615 e. The van der Waals surface area contributed by atoms with Crippen LogP contribution in [-0.2, 0) is 18.2 Å². The van der Waals surface area contributed by atoms with E-state index in [1.165, 1.54) is 5.69 Å². The van der Waals surface area contributed by atoms with Crippen molar-refractivity contribution < 1.29 is 4.74 Å². The van der Waals surface area contributed by atoms with Gasteiger partial charge in [0.1, 0.15) is 0 Å². The second-order valence-corrected chi connectivity index (χ2v) is 3.43. The van der Waals surface area contributed by atoms with Crippen LogP contribution in [0.3, 0.4) is 0 Å². The number of hydrogen-bond acceptors (Lipinski definition) is 3. The molecule has 4 heteroatoms. The van der Waals surface area contributed by atoms with Crippen molar-refractivity contribution in [2.24, 2.45) is 7.05 Å². The smallest absolute Gasteiger partial charge is 0.0615 e. The van der Waals surface area contributed by atoms with Gasteiger partial charge in [-0.25, -0.2) is 0 Å². The van der Waals surface area contributed by atoms with Gasteiger partial charge in [0.15, 0.2) is 0 Å². The second kappa shape index (κ2) is 5.78. The standard InChI is InChI=1S/C10H19N3O/c1-11-9(8-14-3)4-5-10-6-7-12-13(10)2/h6-7,9,11H,4-5,8H2,1-3H3. The molecule has 1 heterocycles. The van der Waals surface area contributed by atoms with Crippen LogP contribution in [0.15, 0.2) is 12.3 Å². The first kappa shape index (κ1) is 11.2. The number of rotatable bonds is 6. The summed E-state index contributed by atoms with van der Waals surface area (Å²) in [5, 5.41) is 7.36. The molecule has 4 nitrogen and oxygen atoms in total. The number of ether oxygens (including phenoxy) is 1. The monoisotopic (exact) mass is 197 g/mol. The fourth-order valence-corrected chi connectivity index (χ4v) is 1.48. The molecule has 0 fully saturated rings. The van der Waals surface area contributed by atoms with Gasteiger partial charge in [-0.15, -0.1) is 0 Å². The van der Waals surface area contributed by atoms with E-state index in [0.717, 1.165) is 19.4 Å². The van der Waals surface area contributed by atoms with Gasteiger partial charge in [-0.05, 0) is 26.0 Å². The molecule has 0 spiro atoms. The molecule has 1 unspecified atom stereocenters. The van der Waals surface area contributed by atoms with E-state index in [9.17, 15) is 0 Å². The molecule has 0 aliphatic heterocycles. The highest BCUT2D eigenvalue weighted by molar-refractivity contribution is 5.00. The van der Waals surface area contributed by atoms with E-state index < -0.39 is 0 Å². The first-order chi connectivity index (χ1) is 6.77. The molecule has 1 rings (SSSR count). The summed E-state index contributed by atoms with van der Waals surface area (Å²) in [5.41, 5.74) is 1.27. The Labute approximate surface area is 85.3 Å². The zero-order valence-corrected chi connectivity index (χ0v) is 9.16. The van der Waals surface area contributed by atoms with Crippen LogP contribution in [0.1, 0.15) is 12.1 Å². The van der Waals surface area contributed by atoms with Gasteiger partial charge in [-0.2, -0.15) is 5.10 Å². The van der Waals surface area contributed by atoms with E-state index >= 15 is 0 Å². The van der Waals surface area contributed by atoms with Gasteiger partial charge in [0.2, 0.25) is 0 Å². The molecule has 0 aromatic carbocycles. The van der Waals surface area contributed by atoms with Crippen LogP contribution >= 0.6 is 0 Å². The van der Waals surface area contributed by atoms with Crippen LogP contribution in [-0.4, -0.2) is 36.6 Å². The zero-order chi connectivity index (χ0) is 10.4. The van der Waals surface area contributed by atoms with Gasteiger partial charge < -0.3 is 10.1 Å². The summed E-state index contributed by atoms with van der Waals surface area (Å²) in [7, 11) is 5.67. The highest BCUT2D eigenvalue weighted by Crippen LogP contribution is 2.03. The van der Waals surface area contributed by atoms with E-state index in [1.54, 1.807) is 7.11 Å². The van der Waals surface area contributed by atoms with Crippen molar-refractivity contribution in [1.82, 2.24) is 15.1 Å². The molecule has 0 aliphatic carbocycles. The summed E-state index contributed by atoms with van der Waals surface area (Å²) in [6, 6.07) is 2.48. The molecule has 0 aliphatic rings. The van der Waals surface area contributed by atoms with Crippen molar-refractivity contribution >= 4 is 0 Å². The van der Waals surface area contributed by atoms with Gasteiger partial charge in [-0.1, -0.05) is 0 Å². The van der Waals surface area contributed by atoms with E-state index in [1.807, 2.05) is 25.0 Å². The van der Waals surface area contributed by atoms with E-state index in [0.29, 0.717) is 6.04 Å². The second-order valence-electron chi connectivity index (χ2n) is 3.43. The van der Waals surface area contributed by atoms with Crippen molar-refractivity contribution in [3.8, 4) is 0 Å². The van der Waals surface area contributed by atoms with Gasteiger partial charge in [-0.3, -0.25) is 4.68 Å². The molecule has 1 aromatic heterocycles. The Morgan fingerprint density at radius 2 is 2.43 bits per heavy atom. The molecule has 0 radical (unpaired) electrons. The lowest BCUT2D eigenvalue weighted by Gasteiger charge is -2.14. The SMILES string of the molecule is CNC(CCc1ccnn1C)COC. The summed E-state index contributed by atoms with van der Waals surface area (Å²) in [6.45, 7) is 0.758. The van der Waals surface area contributed by atoms with E-state index in [4.69, 9.17) is 4.74 Å². The maximum atomic E-state index is 5.11. The van der Waals surface area contributed by atoms with Crippen LogP contribution < -0.4 is 5.32 Å². The number of nitrogens with zero attached hydrogens (tertiary/aromatic N) is 2.